The van der Waals surface area contributed by atoms with Crippen LogP contribution in [-0.2, 0) is 0 Å². The van der Waals surface area contributed by atoms with Crippen LogP contribution < -0.4 is 0 Å². The lowest BCUT2D eigenvalue weighted by atomic mass is 10.3. The molecule has 0 aliphatic rings. The zero-order valence-electron chi connectivity index (χ0n) is 5.04. The molecule has 5 heteroatoms. The third-order valence-corrected chi connectivity index (χ3v) is 3.17. The van der Waals surface area contributed by atoms with Gasteiger partial charge < -0.3 is 5.11 Å². The van der Waals surface area contributed by atoms with Gasteiger partial charge in [0.15, 0.2) is 5.82 Å². The highest BCUT2D eigenvalue weighted by Crippen LogP contribution is 2.32. The van der Waals surface area contributed by atoms with Gasteiger partial charge in [-0.2, -0.15) is 0 Å². The maximum Gasteiger partial charge on any atom is 0.158 e. The molecule has 11 heavy (non-hydrogen) atoms. The summed E-state index contributed by atoms with van der Waals surface area (Å²) in [4.78, 5) is 0. The van der Waals surface area contributed by atoms with Gasteiger partial charge in [-0.1, -0.05) is 11.6 Å². The summed E-state index contributed by atoms with van der Waals surface area (Å²) < 4.78 is 13.6. The summed E-state index contributed by atoms with van der Waals surface area (Å²) in [6.07, 6.45) is 0. The van der Waals surface area contributed by atoms with Crippen molar-refractivity contribution in [3.8, 4) is 5.75 Å². The fourth-order valence-corrected chi connectivity index (χ4v) is 2.78. The molecule has 0 heterocycles. The molecule has 0 saturated carbocycles. The second-order valence-corrected chi connectivity index (χ2v) is 4.46. The van der Waals surface area contributed by atoms with Gasteiger partial charge in [-0.15, -0.1) is 0 Å². The standard InChI is InChI=1S/C6H2ClFI2O/c7-2-1-3(9)6(11)5(10)4(2)8/h1,11H. The monoisotopic (exact) mass is 398 g/mol. The lowest BCUT2D eigenvalue weighted by Crippen LogP contribution is -1.87. The van der Waals surface area contributed by atoms with Crippen molar-refractivity contribution in [3.63, 3.8) is 0 Å². The quantitative estimate of drug-likeness (QED) is 0.404. The normalized spacial score (nSPS) is 10.2. The van der Waals surface area contributed by atoms with E-state index < -0.39 is 5.82 Å². The zero-order valence-corrected chi connectivity index (χ0v) is 10.1. The molecule has 0 aliphatic carbocycles. The van der Waals surface area contributed by atoms with Crippen molar-refractivity contribution in [2.45, 2.75) is 0 Å². The van der Waals surface area contributed by atoms with E-state index in [9.17, 15) is 9.50 Å². The van der Waals surface area contributed by atoms with Crippen LogP contribution in [0.1, 0.15) is 0 Å². The Kier molecular flexibility index (Phi) is 3.21. The molecule has 0 unspecified atom stereocenters. The first-order chi connectivity index (χ1) is 5.04. The van der Waals surface area contributed by atoms with Crippen molar-refractivity contribution in [1.29, 1.82) is 0 Å². The molecule has 60 valence electrons. The second-order valence-electron chi connectivity index (χ2n) is 1.82. The van der Waals surface area contributed by atoms with Gasteiger partial charge in [-0.25, -0.2) is 4.39 Å². The average molecular weight is 398 g/mol. The molecular formula is C6H2ClFI2O. The van der Waals surface area contributed by atoms with Crippen LogP contribution in [-0.4, -0.2) is 5.11 Å². The summed E-state index contributed by atoms with van der Waals surface area (Å²) in [5, 5.41) is 9.24. The van der Waals surface area contributed by atoms with E-state index in [4.69, 9.17) is 11.6 Å². The van der Waals surface area contributed by atoms with Crippen molar-refractivity contribution < 1.29 is 9.50 Å². The molecule has 0 atom stereocenters. The lowest BCUT2D eigenvalue weighted by molar-refractivity contribution is 0.459. The molecule has 1 nitrogen and oxygen atoms in total. The molecule has 1 aromatic rings. The Bertz CT molecular complexity index is 277. The molecule has 0 aromatic heterocycles. The maximum absolute atomic E-state index is 12.9. The molecule has 1 rings (SSSR count). The Morgan fingerprint density at radius 1 is 1.45 bits per heavy atom. The molecular weight excluding hydrogens is 396 g/mol. The van der Waals surface area contributed by atoms with E-state index in [1.807, 2.05) is 22.6 Å². The number of hydrogen-bond acceptors (Lipinski definition) is 1. The van der Waals surface area contributed by atoms with Crippen LogP contribution in [0, 0.1) is 13.0 Å². The van der Waals surface area contributed by atoms with Gasteiger partial charge in [0, 0.05) is 0 Å². The van der Waals surface area contributed by atoms with Crippen LogP contribution in [0.3, 0.4) is 0 Å². The predicted octanol–water partition coefficient (Wildman–Crippen LogP) is 3.39. The third-order valence-electron chi connectivity index (χ3n) is 1.09. The highest BCUT2D eigenvalue weighted by molar-refractivity contribution is 14.1. The molecule has 0 saturated heterocycles. The van der Waals surface area contributed by atoms with Gasteiger partial charge in [0.2, 0.25) is 0 Å². The van der Waals surface area contributed by atoms with Gasteiger partial charge in [-0.3, -0.25) is 0 Å². The first-order valence-corrected chi connectivity index (χ1v) is 5.09. The first kappa shape index (κ1) is 9.79. The number of hydrogen-bond donors (Lipinski definition) is 1. The number of rotatable bonds is 0. The fraction of sp³-hybridized carbons (Fsp3) is 0. The molecule has 0 aliphatic heterocycles. The topological polar surface area (TPSA) is 20.2 Å². The van der Waals surface area contributed by atoms with E-state index >= 15 is 0 Å². The Morgan fingerprint density at radius 3 is 2.55 bits per heavy atom. The minimum atomic E-state index is -0.565. The Balaban J connectivity index is 3.46. The Hall–Kier alpha value is 0.700. The van der Waals surface area contributed by atoms with E-state index in [1.54, 1.807) is 22.6 Å². The first-order valence-electron chi connectivity index (χ1n) is 2.56. The van der Waals surface area contributed by atoms with Gasteiger partial charge in [0.05, 0.1) is 12.2 Å². The van der Waals surface area contributed by atoms with Gasteiger partial charge in [-0.05, 0) is 51.2 Å². The van der Waals surface area contributed by atoms with Crippen LogP contribution in [0.5, 0.6) is 5.75 Å². The minimum Gasteiger partial charge on any atom is -0.506 e. The van der Waals surface area contributed by atoms with Crippen LogP contribution in [0.4, 0.5) is 4.39 Å². The predicted molar refractivity (Wildman–Crippen MR) is 58.5 cm³/mol. The van der Waals surface area contributed by atoms with Crippen molar-refractivity contribution in [2.75, 3.05) is 0 Å². The van der Waals surface area contributed by atoms with Crippen LogP contribution >= 0.6 is 56.8 Å². The number of aromatic hydroxyl groups is 1. The lowest BCUT2D eigenvalue weighted by Gasteiger charge is -2.02. The Labute approximate surface area is 95.2 Å². The number of halogens is 4. The van der Waals surface area contributed by atoms with Crippen molar-refractivity contribution in [3.05, 3.63) is 24.0 Å². The van der Waals surface area contributed by atoms with E-state index in [1.165, 1.54) is 6.07 Å². The van der Waals surface area contributed by atoms with Crippen molar-refractivity contribution in [1.82, 2.24) is 0 Å². The third kappa shape index (κ3) is 1.89. The number of benzene rings is 1. The second kappa shape index (κ2) is 3.61. The van der Waals surface area contributed by atoms with Crippen molar-refractivity contribution in [2.24, 2.45) is 0 Å². The Morgan fingerprint density at radius 2 is 2.00 bits per heavy atom. The van der Waals surface area contributed by atoms with E-state index in [0.29, 0.717) is 3.57 Å². The summed E-state index contributed by atoms with van der Waals surface area (Å²) in [6.45, 7) is 0. The average Bonchev–Trinajstić information content (AvgIpc) is 1.97. The smallest absolute Gasteiger partial charge is 0.158 e. The largest absolute Gasteiger partial charge is 0.506 e. The maximum atomic E-state index is 12.9. The highest BCUT2D eigenvalue weighted by Gasteiger charge is 2.12. The van der Waals surface area contributed by atoms with Gasteiger partial charge >= 0.3 is 0 Å². The van der Waals surface area contributed by atoms with Crippen LogP contribution in [0.15, 0.2) is 6.07 Å². The molecule has 0 radical (unpaired) electrons. The minimum absolute atomic E-state index is 0.0385. The summed E-state index contributed by atoms with van der Waals surface area (Å²) in [6, 6.07) is 1.38. The molecule has 1 N–H and O–H groups in total. The SMILES string of the molecule is Oc1c(I)cc(Cl)c(F)c1I. The molecule has 0 amide bonds. The van der Waals surface area contributed by atoms with Crippen molar-refractivity contribution >= 4 is 56.8 Å². The van der Waals surface area contributed by atoms with E-state index in [-0.39, 0.29) is 14.3 Å². The highest BCUT2D eigenvalue weighted by atomic mass is 127. The van der Waals surface area contributed by atoms with Gasteiger partial charge in [0.1, 0.15) is 5.75 Å². The summed E-state index contributed by atoms with van der Waals surface area (Å²) in [5.41, 5.74) is 0. The summed E-state index contributed by atoms with van der Waals surface area (Å²) in [5.74, 6) is -0.613. The number of phenols is 1. The van der Waals surface area contributed by atoms with E-state index in [2.05, 4.69) is 0 Å². The molecule has 0 spiro atoms. The molecule has 0 bridgehead atoms. The fourth-order valence-electron chi connectivity index (χ4n) is 0.557. The zero-order chi connectivity index (χ0) is 8.59. The summed E-state index contributed by atoms with van der Waals surface area (Å²) >= 11 is 9.09. The molecule has 0 fully saturated rings. The molecule has 1 aromatic carbocycles. The van der Waals surface area contributed by atoms with Gasteiger partial charge in [0.25, 0.3) is 0 Å². The van der Waals surface area contributed by atoms with E-state index in [0.717, 1.165) is 0 Å². The summed E-state index contributed by atoms with van der Waals surface area (Å²) in [7, 11) is 0. The number of phenolic OH excluding ortho intramolecular Hbond substituents is 1. The van der Waals surface area contributed by atoms with Crippen LogP contribution in [0.2, 0.25) is 5.02 Å². The van der Waals surface area contributed by atoms with Crippen LogP contribution in [0.25, 0.3) is 0 Å².